The number of aromatic nitrogens is 2. The van der Waals surface area contributed by atoms with Gasteiger partial charge in [0, 0.05) is 0 Å². The first-order valence-electron chi connectivity index (χ1n) is 8.87. The van der Waals surface area contributed by atoms with Crippen molar-refractivity contribution in [3.05, 3.63) is 76.1 Å². The summed E-state index contributed by atoms with van der Waals surface area (Å²) in [6, 6.07) is 13.6. The highest BCUT2D eigenvalue weighted by atomic mass is 32.2. The van der Waals surface area contributed by atoms with E-state index >= 15 is 0 Å². The van der Waals surface area contributed by atoms with Gasteiger partial charge in [-0.05, 0) is 57.4 Å². The lowest BCUT2D eigenvalue weighted by molar-refractivity contribution is 0.600. The highest BCUT2D eigenvalue weighted by Gasteiger charge is 2.21. The molecule has 0 atom stereocenters. The van der Waals surface area contributed by atoms with Gasteiger partial charge in [-0.2, -0.15) is 5.10 Å². The Morgan fingerprint density at radius 3 is 2.37 bits per heavy atom. The Kier molecular flexibility index (Phi) is 5.11. The Morgan fingerprint density at radius 2 is 1.67 bits per heavy atom. The minimum absolute atomic E-state index is 0.299. The third-order valence-corrected chi connectivity index (χ3v) is 6.16. The number of anilines is 1. The van der Waals surface area contributed by atoms with Crippen LogP contribution in [0.3, 0.4) is 0 Å². The van der Waals surface area contributed by atoms with E-state index in [-0.39, 0.29) is 0 Å². The molecule has 1 aromatic heterocycles. The average molecular weight is 384 g/mol. The molecule has 0 radical (unpaired) electrons. The van der Waals surface area contributed by atoms with Crippen molar-refractivity contribution in [2.24, 2.45) is 0 Å². The van der Waals surface area contributed by atoms with E-state index in [0.717, 1.165) is 22.4 Å². The van der Waals surface area contributed by atoms with Gasteiger partial charge in [0.1, 0.15) is 0 Å². The summed E-state index contributed by atoms with van der Waals surface area (Å²) >= 11 is 0. The summed E-state index contributed by atoms with van der Waals surface area (Å²) in [5, 5.41) is 4.54. The molecule has 0 bridgehead atoms. The highest BCUT2D eigenvalue weighted by molar-refractivity contribution is 7.92. The van der Waals surface area contributed by atoms with Gasteiger partial charge in [0.2, 0.25) is 0 Å². The van der Waals surface area contributed by atoms with E-state index in [1.165, 1.54) is 5.56 Å². The van der Waals surface area contributed by atoms with Crippen LogP contribution in [0.2, 0.25) is 0 Å². The van der Waals surface area contributed by atoms with E-state index < -0.39 is 10.0 Å². The molecule has 1 N–H and O–H groups in total. The van der Waals surface area contributed by atoms with Crippen LogP contribution in [0.1, 0.15) is 33.6 Å². The van der Waals surface area contributed by atoms with Crippen LogP contribution >= 0.6 is 0 Å². The molecular weight excluding hydrogens is 358 g/mol. The van der Waals surface area contributed by atoms with Gasteiger partial charge in [0.15, 0.2) is 0 Å². The maximum absolute atomic E-state index is 12.9. The monoisotopic (exact) mass is 383 g/mol. The van der Waals surface area contributed by atoms with E-state index in [0.29, 0.717) is 22.8 Å². The molecule has 5 nitrogen and oxygen atoms in total. The summed E-state index contributed by atoms with van der Waals surface area (Å²) in [7, 11) is -3.68. The van der Waals surface area contributed by atoms with Crippen LogP contribution in [0.5, 0.6) is 0 Å². The first-order chi connectivity index (χ1) is 12.7. The number of nitrogens with zero attached hydrogens (tertiary/aromatic N) is 2. The smallest absolute Gasteiger partial charge is 0.262 e. The molecule has 3 rings (SSSR count). The predicted octanol–water partition coefficient (Wildman–Crippen LogP) is 4.27. The molecular formula is C21H25N3O2S. The number of hydrogen-bond acceptors (Lipinski definition) is 3. The lowest BCUT2D eigenvalue weighted by Gasteiger charge is -2.12. The summed E-state index contributed by atoms with van der Waals surface area (Å²) < 4.78 is 30.5. The van der Waals surface area contributed by atoms with Gasteiger partial charge >= 0.3 is 0 Å². The highest BCUT2D eigenvalue weighted by Crippen LogP contribution is 2.26. The van der Waals surface area contributed by atoms with Crippen molar-refractivity contribution in [2.75, 3.05) is 4.72 Å². The Morgan fingerprint density at radius 1 is 0.963 bits per heavy atom. The van der Waals surface area contributed by atoms with Crippen molar-refractivity contribution < 1.29 is 8.42 Å². The first kappa shape index (κ1) is 19.2. The molecule has 0 spiro atoms. The number of rotatable bonds is 5. The minimum atomic E-state index is -3.68. The van der Waals surface area contributed by atoms with Crippen LogP contribution < -0.4 is 4.72 Å². The molecule has 0 aliphatic carbocycles. The summed E-state index contributed by atoms with van der Waals surface area (Å²) in [6.07, 6.45) is 0. The minimum Gasteiger partial charge on any atom is -0.276 e. The zero-order valence-corrected chi connectivity index (χ0v) is 17.2. The van der Waals surface area contributed by atoms with Crippen molar-refractivity contribution in [3.63, 3.8) is 0 Å². The van der Waals surface area contributed by atoms with E-state index in [9.17, 15) is 8.42 Å². The lowest BCUT2D eigenvalue weighted by Crippen LogP contribution is -2.15. The quantitative estimate of drug-likeness (QED) is 0.715. The summed E-state index contributed by atoms with van der Waals surface area (Å²) in [5.41, 5.74) is 5.94. The second-order valence-electron chi connectivity index (χ2n) is 7.07. The number of sulfonamides is 1. The zero-order chi connectivity index (χ0) is 19.8. The van der Waals surface area contributed by atoms with Crippen LogP contribution in [0, 0.1) is 34.6 Å². The van der Waals surface area contributed by atoms with Crippen LogP contribution in [0.15, 0.2) is 47.4 Å². The maximum Gasteiger partial charge on any atom is 0.262 e. The SMILES string of the molecule is Cc1cccc(Cn2nc(C)c(NS(=O)(=O)c3cc(C)ccc3C)c2C)c1. The van der Waals surface area contributed by atoms with Gasteiger partial charge in [-0.3, -0.25) is 9.40 Å². The fraction of sp³-hybridized carbons (Fsp3) is 0.286. The molecule has 0 aliphatic heterocycles. The average Bonchev–Trinajstić information content (AvgIpc) is 2.84. The summed E-state index contributed by atoms with van der Waals surface area (Å²) in [4.78, 5) is 0.299. The Bertz CT molecular complexity index is 1100. The van der Waals surface area contributed by atoms with Gasteiger partial charge < -0.3 is 0 Å². The molecule has 27 heavy (non-hydrogen) atoms. The molecule has 2 aromatic carbocycles. The predicted molar refractivity (Wildman–Crippen MR) is 109 cm³/mol. The van der Waals surface area contributed by atoms with Crippen molar-refractivity contribution >= 4 is 15.7 Å². The molecule has 0 fully saturated rings. The van der Waals surface area contributed by atoms with Gasteiger partial charge in [-0.1, -0.05) is 42.0 Å². The number of aryl methyl sites for hydroxylation is 4. The standard InChI is InChI=1S/C21H25N3O2S/c1-14-7-6-8-19(11-14)13-24-18(5)21(17(4)22-24)23-27(25,26)20-12-15(2)9-10-16(20)3/h6-12,23H,13H2,1-5H3. The van der Waals surface area contributed by atoms with Gasteiger partial charge in [0.05, 0.1) is 28.5 Å². The molecule has 0 aliphatic rings. The molecule has 3 aromatic rings. The first-order valence-corrected chi connectivity index (χ1v) is 10.4. The van der Waals surface area contributed by atoms with E-state index in [4.69, 9.17) is 0 Å². The van der Waals surface area contributed by atoms with E-state index in [2.05, 4.69) is 28.9 Å². The lowest BCUT2D eigenvalue weighted by atomic mass is 10.1. The summed E-state index contributed by atoms with van der Waals surface area (Å²) in [6.45, 7) is 10.0. The topological polar surface area (TPSA) is 64.0 Å². The van der Waals surface area contributed by atoms with Crippen molar-refractivity contribution in [1.82, 2.24) is 9.78 Å². The van der Waals surface area contributed by atoms with Gasteiger partial charge in [0.25, 0.3) is 10.0 Å². The van der Waals surface area contributed by atoms with E-state index in [1.807, 2.05) is 49.7 Å². The van der Waals surface area contributed by atoms with Crippen LogP contribution in [0.4, 0.5) is 5.69 Å². The fourth-order valence-corrected chi connectivity index (χ4v) is 4.68. The molecule has 0 unspecified atom stereocenters. The second kappa shape index (κ2) is 7.19. The third-order valence-electron chi connectivity index (χ3n) is 4.67. The zero-order valence-electron chi connectivity index (χ0n) is 16.4. The van der Waals surface area contributed by atoms with Crippen LogP contribution in [0.25, 0.3) is 0 Å². The number of benzene rings is 2. The Hall–Kier alpha value is -2.60. The number of hydrogen-bond donors (Lipinski definition) is 1. The molecule has 0 saturated heterocycles. The molecule has 0 amide bonds. The fourth-order valence-electron chi connectivity index (χ4n) is 3.17. The second-order valence-corrected chi connectivity index (χ2v) is 8.72. The molecule has 0 saturated carbocycles. The van der Waals surface area contributed by atoms with Gasteiger partial charge in [-0.25, -0.2) is 8.42 Å². The van der Waals surface area contributed by atoms with Gasteiger partial charge in [-0.15, -0.1) is 0 Å². The summed E-state index contributed by atoms with van der Waals surface area (Å²) in [5.74, 6) is 0. The van der Waals surface area contributed by atoms with E-state index in [1.54, 1.807) is 13.0 Å². The Balaban J connectivity index is 1.94. The van der Waals surface area contributed by atoms with Crippen LogP contribution in [-0.2, 0) is 16.6 Å². The van der Waals surface area contributed by atoms with Crippen molar-refractivity contribution in [3.8, 4) is 0 Å². The Labute approximate surface area is 161 Å². The maximum atomic E-state index is 12.9. The molecule has 1 heterocycles. The van der Waals surface area contributed by atoms with Crippen LogP contribution in [-0.4, -0.2) is 18.2 Å². The van der Waals surface area contributed by atoms with Crippen molar-refractivity contribution in [2.45, 2.75) is 46.1 Å². The normalized spacial score (nSPS) is 11.6. The largest absolute Gasteiger partial charge is 0.276 e. The third kappa shape index (κ3) is 4.06. The molecule has 142 valence electrons. The van der Waals surface area contributed by atoms with Crippen molar-refractivity contribution in [1.29, 1.82) is 0 Å². The number of nitrogens with one attached hydrogen (secondary N) is 1. The molecule has 6 heteroatoms.